The molecule has 1 aromatic rings. The number of carboxylic acid groups (broad SMARTS) is 1. The maximum absolute atomic E-state index is 10.4. The van der Waals surface area contributed by atoms with Crippen molar-refractivity contribution in [1.29, 1.82) is 5.26 Å². The number of anilines is 1. The zero-order chi connectivity index (χ0) is 10.6. The van der Waals surface area contributed by atoms with Crippen LogP contribution in [0.3, 0.4) is 0 Å². The lowest BCUT2D eigenvalue weighted by Crippen LogP contribution is -2.24. The zero-order valence-electron chi connectivity index (χ0n) is 7.21. The molecule has 1 rings (SSSR count). The summed E-state index contributed by atoms with van der Waals surface area (Å²) in [5.41, 5.74) is 0.438. The van der Waals surface area contributed by atoms with Crippen molar-refractivity contribution in [3.63, 3.8) is 0 Å². The molecule has 0 aliphatic heterocycles. The second kappa shape index (κ2) is 4.14. The van der Waals surface area contributed by atoms with Crippen LogP contribution >= 0.6 is 0 Å². The maximum atomic E-state index is 10.4. The van der Waals surface area contributed by atoms with Crippen LogP contribution in [-0.4, -0.2) is 22.7 Å². The average Bonchev–Trinajstić information content (AvgIpc) is 2.15. The van der Waals surface area contributed by atoms with Crippen molar-refractivity contribution < 1.29 is 15.0 Å². The topological polar surface area (TPSA) is 84.6 Å². The van der Waals surface area contributed by atoms with Crippen molar-refractivity contribution in [2.45, 2.75) is 0 Å². The number of phenolic OH excluding ortho intramolecular Hbond substituents is 1. The third kappa shape index (κ3) is 2.38. The highest BCUT2D eigenvalue weighted by Crippen LogP contribution is 2.17. The number of rotatable bonds is 3. The van der Waals surface area contributed by atoms with Crippen LogP contribution < -0.4 is 4.90 Å². The number of benzene rings is 1. The van der Waals surface area contributed by atoms with Gasteiger partial charge in [-0.05, 0) is 24.3 Å². The van der Waals surface area contributed by atoms with E-state index >= 15 is 0 Å². The van der Waals surface area contributed by atoms with Gasteiger partial charge in [0, 0.05) is 0 Å². The Morgan fingerprint density at radius 1 is 1.43 bits per heavy atom. The molecule has 0 fully saturated rings. The Bertz CT molecular complexity index is 367. The lowest BCUT2D eigenvalue weighted by molar-refractivity contribution is -0.135. The molecule has 0 amide bonds. The number of hydrogen-bond acceptors (Lipinski definition) is 4. The predicted octanol–water partition coefficient (Wildman–Crippen LogP) is 0.764. The summed E-state index contributed by atoms with van der Waals surface area (Å²) in [6.07, 6.45) is 1.74. The van der Waals surface area contributed by atoms with E-state index in [0.29, 0.717) is 5.69 Å². The van der Waals surface area contributed by atoms with E-state index in [2.05, 4.69) is 0 Å². The van der Waals surface area contributed by atoms with E-state index in [4.69, 9.17) is 15.5 Å². The smallest absolute Gasteiger partial charge is 0.324 e. The van der Waals surface area contributed by atoms with E-state index < -0.39 is 5.97 Å². The van der Waals surface area contributed by atoms with Gasteiger partial charge in [-0.3, -0.25) is 9.69 Å². The van der Waals surface area contributed by atoms with Gasteiger partial charge < -0.3 is 10.2 Å². The van der Waals surface area contributed by atoms with Gasteiger partial charge in [0.15, 0.2) is 6.19 Å². The van der Waals surface area contributed by atoms with E-state index in [1.165, 1.54) is 24.3 Å². The van der Waals surface area contributed by atoms with Crippen LogP contribution in [0.15, 0.2) is 24.3 Å². The molecular formula is C9H8N2O3. The van der Waals surface area contributed by atoms with E-state index in [9.17, 15) is 4.79 Å². The Hall–Kier alpha value is -2.22. The standard InChI is InChI=1S/C9H8N2O3/c10-6-11(5-9(13)14)7-1-3-8(12)4-2-7/h1-4,12H,5H2,(H,13,14). The molecule has 0 heterocycles. The molecule has 0 bridgehead atoms. The van der Waals surface area contributed by atoms with Gasteiger partial charge in [-0.25, -0.2) is 0 Å². The van der Waals surface area contributed by atoms with Crippen molar-refractivity contribution in [3.05, 3.63) is 24.3 Å². The first-order valence-corrected chi connectivity index (χ1v) is 3.81. The first-order chi connectivity index (χ1) is 6.63. The monoisotopic (exact) mass is 192 g/mol. The minimum absolute atomic E-state index is 0.0713. The van der Waals surface area contributed by atoms with E-state index in [0.717, 1.165) is 4.90 Å². The Morgan fingerprint density at radius 2 is 2.00 bits per heavy atom. The van der Waals surface area contributed by atoms with Gasteiger partial charge in [0.25, 0.3) is 0 Å². The summed E-state index contributed by atoms with van der Waals surface area (Å²) in [6, 6.07) is 5.73. The molecule has 0 radical (unpaired) electrons. The highest BCUT2D eigenvalue weighted by molar-refractivity contribution is 5.75. The summed E-state index contributed by atoms with van der Waals surface area (Å²) in [4.78, 5) is 11.4. The Labute approximate surface area is 80.4 Å². The highest BCUT2D eigenvalue weighted by Gasteiger charge is 2.09. The number of nitriles is 1. The molecule has 72 valence electrons. The number of phenols is 1. The molecule has 5 nitrogen and oxygen atoms in total. The fourth-order valence-electron chi connectivity index (χ4n) is 0.952. The molecule has 1 aromatic carbocycles. The number of hydrogen-bond donors (Lipinski definition) is 2. The summed E-state index contributed by atoms with van der Waals surface area (Å²) in [7, 11) is 0. The van der Waals surface area contributed by atoms with Crippen LogP contribution in [0.4, 0.5) is 5.69 Å². The van der Waals surface area contributed by atoms with Gasteiger partial charge >= 0.3 is 5.97 Å². The number of carboxylic acids is 1. The van der Waals surface area contributed by atoms with Crippen molar-refractivity contribution in [3.8, 4) is 11.9 Å². The molecule has 0 unspecified atom stereocenters. The normalized spacial score (nSPS) is 9.07. The largest absolute Gasteiger partial charge is 0.508 e. The second-order valence-corrected chi connectivity index (χ2v) is 2.60. The fourth-order valence-corrected chi connectivity index (χ4v) is 0.952. The molecule has 0 saturated carbocycles. The number of carbonyl (C=O) groups is 1. The van der Waals surface area contributed by atoms with Gasteiger partial charge in [0.2, 0.25) is 0 Å². The number of nitrogens with zero attached hydrogens (tertiary/aromatic N) is 2. The van der Waals surface area contributed by atoms with Crippen molar-refractivity contribution in [1.82, 2.24) is 0 Å². The van der Waals surface area contributed by atoms with E-state index in [-0.39, 0.29) is 12.3 Å². The molecule has 14 heavy (non-hydrogen) atoms. The lowest BCUT2D eigenvalue weighted by Gasteiger charge is -2.12. The van der Waals surface area contributed by atoms with Crippen molar-refractivity contribution in [2.75, 3.05) is 11.4 Å². The third-order valence-corrected chi connectivity index (χ3v) is 1.58. The number of aromatic hydroxyl groups is 1. The SMILES string of the molecule is N#CN(CC(=O)O)c1ccc(O)cc1. The summed E-state index contributed by atoms with van der Waals surface area (Å²) in [5.74, 6) is -1.01. The van der Waals surface area contributed by atoms with Crippen LogP contribution in [0.1, 0.15) is 0 Å². The molecule has 0 saturated heterocycles. The molecule has 0 aliphatic carbocycles. The maximum Gasteiger partial charge on any atom is 0.324 e. The highest BCUT2D eigenvalue weighted by atomic mass is 16.4. The molecule has 0 spiro atoms. The van der Waals surface area contributed by atoms with Gasteiger partial charge in [-0.2, -0.15) is 5.26 Å². The van der Waals surface area contributed by atoms with E-state index in [1.807, 2.05) is 0 Å². The van der Waals surface area contributed by atoms with Gasteiger partial charge in [0.1, 0.15) is 12.3 Å². The molecule has 5 heteroatoms. The van der Waals surface area contributed by atoms with Gasteiger partial charge in [0.05, 0.1) is 5.69 Å². The Kier molecular flexibility index (Phi) is 2.92. The average molecular weight is 192 g/mol. The van der Waals surface area contributed by atoms with Crippen LogP contribution in [0.25, 0.3) is 0 Å². The quantitative estimate of drug-likeness (QED) is 0.545. The molecule has 0 aromatic heterocycles. The van der Waals surface area contributed by atoms with Crippen LogP contribution in [0.5, 0.6) is 5.75 Å². The lowest BCUT2D eigenvalue weighted by atomic mass is 10.3. The summed E-state index contributed by atoms with van der Waals surface area (Å²) in [6.45, 7) is -0.388. The first-order valence-electron chi connectivity index (χ1n) is 3.81. The zero-order valence-corrected chi connectivity index (χ0v) is 7.21. The molecular weight excluding hydrogens is 184 g/mol. The van der Waals surface area contributed by atoms with Gasteiger partial charge in [-0.1, -0.05) is 0 Å². The molecule has 0 atom stereocenters. The van der Waals surface area contributed by atoms with Crippen LogP contribution in [0, 0.1) is 11.5 Å². The van der Waals surface area contributed by atoms with Crippen LogP contribution in [0.2, 0.25) is 0 Å². The predicted molar refractivity (Wildman–Crippen MR) is 48.7 cm³/mol. The summed E-state index contributed by atoms with van der Waals surface area (Å²) >= 11 is 0. The summed E-state index contributed by atoms with van der Waals surface area (Å²) in [5, 5.41) is 26.1. The first kappa shape index (κ1) is 9.86. The molecule has 0 aliphatic rings. The Morgan fingerprint density at radius 3 is 2.43 bits per heavy atom. The minimum Gasteiger partial charge on any atom is -0.508 e. The van der Waals surface area contributed by atoms with Crippen LogP contribution in [-0.2, 0) is 4.79 Å². The minimum atomic E-state index is -1.08. The second-order valence-electron chi connectivity index (χ2n) is 2.60. The Balaban J connectivity index is 2.85. The third-order valence-electron chi connectivity index (χ3n) is 1.58. The van der Waals surface area contributed by atoms with Crippen molar-refractivity contribution in [2.24, 2.45) is 0 Å². The van der Waals surface area contributed by atoms with Gasteiger partial charge in [-0.15, -0.1) is 0 Å². The molecule has 2 N–H and O–H groups in total. The summed E-state index contributed by atoms with van der Waals surface area (Å²) < 4.78 is 0. The fraction of sp³-hybridized carbons (Fsp3) is 0.111. The van der Waals surface area contributed by atoms with Crippen molar-refractivity contribution >= 4 is 11.7 Å². The number of aliphatic carboxylic acids is 1. The van der Waals surface area contributed by atoms with E-state index in [1.54, 1.807) is 6.19 Å².